The number of carbonyl (C=O) groups is 1. The third-order valence-electron chi connectivity index (χ3n) is 1.74. The van der Waals surface area contributed by atoms with E-state index in [1.165, 1.54) is 0 Å². The third kappa shape index (κ3) is 2.86. The summed E-state index contributed by atoms with van der Waals surface area (Å²) in [6.45, 7) is 0. The summed E-state index contributed by atoms with van der Waals surface area (Å²) in [5.74, 6) is -6.81. The number of thioether (sulfide) groups is 1. The van der Waals surface area contributed by atoms with Gasteiger partial charge in [0, 0.05) is 11.6 Å². The zero-order valence-electron chi connectivity index (χ0n) is 8.00. The first-order valence-electron chi connectivity index (χ1n) is 4.16. The molecule has 0 fully saturated rings. The van der Waals surface area contributed by atoms with E-state index in [2.05, 4.69) is 0 Å². The van der Waals surface area contributed by atoms with E-state index in [0.29, 0.717) is 11.8 Å². The van der Waals surface area contributed by atoms with Crippen LogP contribution in [0.25, 0.3) is 0 Å². The Morgan fingerprint density at radius 3 is 1.88 bits per heavy atom. The van der Waals surface area contributed by atoms with Gasteiger partial charge in [0.1, 0.15) is 5.56 Å². The van der Waals surface area contributed by atoms with Crippen LogP contribution >= 0.6 is 35.0 Å². The van der Waals surface area contributed by atoms with Crippen LogP contribution < -0.4 is 0 Å². The highest BCUT2D eigenvalue weighted by Gasteiger charge is 2.28. The molecule has 0 atom stereocenters. The van der Waals surface area contributed by atoms with E-state index >= 15 is 0 Å². The van der Waals surface area contributed by atoms with Crippen molar-refractivity contribution in [3.05, 3.63) is 28.8 Å². The molecule has 0 aromatic heterocycles. The maximum atomic E-state index is 13.3. The second-order valence-corrected chi connectivity index (χ2v) is 4.60. The van der Waals surface area contributed by atoms with Gasteiger partial charge in [0.2, 0.25) is 0 Å². The SMILES string of the molecule is O=C(Cl)c1c(F)c(F)c(SCCCl)c(F)c1F. The highest BCUT2D eigenvalue weighted by Crippen LogP contribution is 2.32. The first kappa shape index (κ1) is 14.6. The van der Waals surface area contributed by atoms with Gasteiger partial charge in [0.05, 0.1) is 4.90 Å². The summed E-state index contributed by atoms with van der Waals surface area (Å²) < 4.78 is 53.2. The summed E-state index contributed by atoms with van der Waals surface area (Å²) >= 11 is 10.6. The molecule has 0 saturated heterocycles. The van der Waals surface area contributed by atoms with E-state index in [9.17, 15) is 22.4 Å². The van der Waals surface area contributed by atoms with Gasteiger partial charge < -0.3 is 0 Å². The molecule has 0 saturated carbocycles. The van der Waals surface area contributed by atoms with Crippen molar-refractivity contribution in [1.29, 1.82) is 0 Å². The minimum absolute atomic E-state index is 0.0446. The van der Waals surface area contributed by atoms with Crippen LogP contribution in [0.5, 0.6) is 0 Å². The molecule has 1 nitrogen and oxygen atoms in total. The van der Waals surface area contributed by atoms with Crippen molar-refractivity contribution in [1.82, 2.24) is 0 Å². The van der Waals surface area contributed by atoms with E-state index in [-0.39, 0.29) is 11.6 Å². The lowest BCUT2D eigenvalue weighted by atomic mass is 10.2. The Labute approximate surface area is 108 Å². The van der Waals surface area contributed by atoms with Crippen molar-refractivity contribution >= 4 is 40.2 Å². The fourth-order valence-electron chi connectivity index (χ4n) is 1.05. The summed E-state index contributed by atoms with van der Waals surface area (Å²) in [5, 5.41) is -1.60. The van der Waals surface area contributed by atoms with Gasteiger partial charge in [-0.1, -0.05) is 0 Å². The second kappa shape index (κ2) is 5.93. The Morgan fingerprint density at radius 2 is 1.53 bits per heavy atom. The Bertz CT molecular complexity index is 438. The van der Waals surface area contributed by atoms with E-state index in [4.69, 9.17) is 23.2 Å². The van der Waals surface area contributed by atoms with Crippen molar-refractivity contribution in [2.75, 3.05) is 11.6 Å². The molecule has 0 heterocycles. The molecule has 1 rings (SSSR count). The van der Waals surface area contributed by atoms with Crippen molar-refractivity contribution in [3.63, 3.8) is 0 Å². The van der Waals surface area contributed by atoms with Crippen molar-refractivity contribution in [2.45, 2.75) is 4.90 Å². The largest absolute Gasteiger partial charge is 0.275 e. The normalized spacial score (nSPS) is 10.7. The minimum Gasteiger partial charge on any atom is -0.275 e. The standard InChI is InChI=1S/C9H4Cl2F4OS/c10-1-2-17-8-6(14)4(12)3(9(11)16)5(13)7(8)15/h1-2H2. The topological polar surface area (TPSA) is 17.1 Å². The lowest BCUT2D eigenvalue weighted by Crippen LogP contribution is -2.08. The summed E-state index contributed by atoms with van der Waals surface area (Å²) in [6, 6.07) is 0. The van der Waals surface area contributed by atoms with E-state index < -0.39 is 39.0 Å². The molecule has 0 spiro atoms. The van der Waals surface area contributed by atoms with Crippen molar-refractivity contribution in [2.24, 2.45) is 0 Å². The minimum atomic E-state index is -1.80. The number of hydrogen-bond acceptors (Lipinski definition) is 2. The average Bonchev–Trinajstić information content (AvgIpc) is 2.26. The Balaban J connectivity index is 3.41. The lowest BCUT2D eigenvalue weighted by molar-refractivity contribution is 0.107. The maximum Gasteiger partial charge on any atom is 0.258 e. The van der Waals surface area contributed by atoms with Gasteiger partial charge in [-0.25, -0.2) is 17.6 Å². The molecule has 0 aliphatic heterocycles. The second-order valence-electron chi connectivity index (χ2n) is 2.77. The third-order valence-corrected chi connectivity index (χ3v) is 3.40. The molecule has 1 aromatic rings. The van der Waals surface area contributed by atoms with Gasteiger partial charge in [-0.2, -0.15) is 0 Å². The van der Waals surface area contributed by atoms with Gasteiger partial charge in [-0.3, -0.25) is 4.79 Å². The zero-order valence-corrected chi connectivity index (χ0v) is 10.3. The summed E-state index contributed by atoms with van der Waals surface area (Å²) in [6.07, 6.45) is 0. The fourth-order valence-corrected chi connectivity index (χ4v) is 2.16. The molecular weight excluding hydrogens is 303 g/mol. The van der Waals surface area contributed by atoms with E-state index in [1.807, 2.05) is 0 Å². The molecule has 0 amide bonds. The lowest BCUT2D eigenvalue weighted by Gasteiger charge is -2.08. The quantitative estimate of drug-likeness (QED) is 0.275. The number of hydrogen-bond donors (Lipinski definition) is 0. The summed E-state index contributed by atoms with van der Waals surface area (Å²) in [5.41, 5.74) is -1.43. The van der Waals surface area contributed by atoms with Gasteiger partial charge in [0.25, 0.3) is 5.24 Å². The van der Waals surface area contributed by atoms with Crippen LogP contribution in [0.1, 0.15) is 10.4 Å². The monoisotopic (exact) mass is 306 g/mol. The number of rotatable bonds is 4. The van der Waals surface area contributed by atoms with Crippen LogP contribution in [0, 0.1) is 23.3 Å². The smallest absolute Gasteiger partial charge is 0.258 e. The number of benzene rings is 1. The maximum absolute atomic E-state index is 13.3. The molecule has 0 radical (unpaired) electrons. The number of halogens is 6. The molecule has 17 heavy (non-hydrogen) atoms. The van der Waals surface area contributed by atoms with Gasteiger partial charge in [-0.05, 0) is 11.6 Å². The Hall–Kier alpha value is -0.460. The molecular formula is C9H4Cl2F4OS. The van der Waals surface area contributed by atoms with Crippen molar-refractivity contribution in [3.8, 4) is 0 Å². The first-order chi connectivity index (χ1) is 7.91. The van der Waals surface area contributed by atoms with E-state index in [0.717, 1.165) is 0 Å². The van der Waals surface area contributed by atoms with Crippen LogP contribution in [-0.4, -0.2) is 16.9 Å². The molecule has 0 aliphatic carbocycles. The highest BCUT2D eigenvalue weighted by molar-refractivity contribution is 7.99. The Morgan fingerprint density at radius 1 is 1.06 bits per heavy atom. The summed E-state index contributed by atoms with van der Waals surface area (Å²) in [4.78, 5) is 9.78. The molecule has 0 bridgehead atoms. The number of carbonyl (C=O) groups excluding carboxylic acids is 1. The predicted molar refractivity (Wildman–Crippen MR) is 57.9 cm³/mol. The van der Waals surface area contributed by atoms with E-state index in [1.54, 1.807) is 0 Å². The molecule has 8 heteroatoms. The van der Waals surface area contributed by atoms with Gasteiger partial charge >= 0.3 is 0 Å². The van der Waals surface area contributed by atoms with Crippen LogP contribution in [0.15, 0.2) is 4.90 Å². The zero-order chi connectivity index (χ0) is 13.2. The van der Waals surface area contributed by atoms with Crippen LogP contribution in [0.2, 0.25) is 0 Å². The molecule has 0 aliphatic rings. The molecule has 0 unspecified atom stereocenters. The molecule has 94 valence electrons. The molecule has 0 N–H and O–H groups in total. The highest BCUT2D eigenvalue weighted by atomic mass is 35.5. The van der Waals surface area contributed by atoms with Crippen molar-refractivity contribution < 1.29 is 22.4 Å². The molecule has 1 aromatic carbocycles. The van der Waals surface area contributed by atoms with Crippen LogP contribution in [0.3, 0.4) is 0 Å². The first-order valence-corrected chi connectivity index (χ1v) is 6.06. The summed E-state index contributed by atoms with van der Waals surface area (Å²) in [7, 11) is 0. The average molecular weight is 307 g/mol. The van der Waals surface area contributed by atoms with Crippen LogP contribution in [0.4, 0.5) is 17.6 Å². The Kier molecular flexibility index (Phi) is 5.09. The number of alkyl halides is 1. The van der Waals surface area contributed by atoms with Gasteiger partial charge in [0.15, 0.2) is 23.3 Å². The fraction of sp³-hybridized carbons (Fsp3) is 0.222. The van der Waals surface area contributed by atoms with Gasteiger partial charge in [-0.15, -0.1) is 23.4 Å². The predicted octanol–water partition coefficient (Wildman–Crippen LogP) is 3.95. The van der Waals surface area contributed by atoms with Crippen LogP contribution in [-0.2, 0) is 0 Å².